The minimum absolute atomic E-state index is 0.228. The first-order valence-electron chi connectivity index (χ1n) is 6.29. The maximum absolute atomic E-state index is 11.7. The van der Waals surface area contributed by atoms with Crippen LogP contribution in [-0.2, 0) is 4.79 Å². The first kappa shape index (κ1) is 12.5. The van der Waals surface area contributed by atoms with Crippen molar-refractivity contribution >= 4 is 5.91 Å². The van der Waals surface area contributed by atoms with E-state index in [1.165, 1.54) is 12.8 Å². The predicted octanol–water partition coefficient (Wildman–Crippen LogP) is 1.68. The summed E-state index contributed by atoms with van der Waals surface area (Å²) < 4.78 is 0. The SMILES string of the molecule is CCCCC(CCC)NC(=O)C1CNC1. The van der Waals surface area contributed by atoms with E-state index in [9.17, 15) is 4.79 Å². The number of amides is 1. The third-order valence-corrected chi connectivity index (χ3v) is 3.04. The molecule has 0 radical (unpaired) electrons. The van der Waals surface area contributed by atoms with Crippen LogP contribution in [0.4, 0.5) is 0 Å². The second-order valence-corrected chi connectivity index (χ2v) is 4.49. The van der Waals surface area contributed by atoms with Crippen LogP contribution in [0, 0.1) is 5.92 Å². The van der Waals surface area contributed by atoms with Crippen molar-refractivity contribution in [1.29, 1.82) is 0 Å². The Kier molecular flexibility index (Phi) is 5.69. The largest absolute Gasteiger partial charge is 0.353 e. The summed E-state index contributed by atoms with van der Waals surface area (Å²) in [4.78, 5) is 11.7. The Bertz CT molecular complexity index is 190. The Balaban J connectivity index is 2.24. The van der Waals surface area contributed by atoms with Crippen molar-refractivity contribution in [3.05, 3.63) is 0 Å². The van der Waals surface area contributed by atoms with Gasteiger partial charge in [0, 0.05) is 19.1 Å². The average molecular weight is 212 g/mol. The first-order chi connectivity index (χ1) is 7.27. The van der Waals surface area contributed by atoms with Gasteiger partial charge in [0.15, 0.2) is 0 Å². The Labute approximate surface area is 93.0 Å². The molecule has 1 atom stereocenters. The summed E-state index contributed by atoms with van der Waals surface area (Å²) >= 11 is 0. The minimum atomic E-state index is 0.228. The summed E-state index contributed by atoms with van der Waals surface area (Å²) in [6.45, 7) is 6.09. The van der Waals surface area contributed by atoms with Gasteiger partial charge in [0.1, 0.15) is 0 Å². The second kappa shape index (κ2) is 6.83. The van der Waals surface area contributed by atoms with Crippen LogP contribution in [0.3, 0.4) is 0 Å². The number of hydrogen-bond donors (Lipinski definition) is 2. The van der Waals surface area contributed by atoms with Gasteiger partial charge in [-0.1, -0.05) is 33.1 Å². The smallest absolute Gasteiger partial charge is 0.225 e. The molecule has 88 valence electrons. The van der Waals surface area contributed by atoms with Crippen LogP contribution in [0.25, 0.3) is 0 Å². The van der Waals surface area contributed by atoms with Crippen LogP contribution in [-0.4, -0.2) is 25.0 Å². The van der Waals surface area contributed by atoms with Crippen molar-refractivity contribution in [3.63, 3.8) is 0 Å². The molecular formula is C12H24N2O. The topological polar surface area (TPSA) is 41.1 Å². The van der Waals surface area contributed by atoms with Crippen LogP contribution < -0.4 is 10.6 Å². The monoisotopic (exact) mass is 212 g/mol. The van der Waals surface area contributed by atoms with E-state index >= 15 is 0 Å². The van der Waals surface area contributed by atoms with Gasteiger partial charge in [0.25, 0.3) is 0 Å². The van der Waals surface area contributed by atoms with E-state index in [2.05, 4.69) is 24.5 Å². The summed E-state index contributed by atoms with van der Waals surface area (Å²) in [6, 6.07) is 0.406. The van der Waals surface area contributed by atoms with Crippen molar-refractivity contribution < 1.29 is 4.79 Å². The fourth-order valence-electron chi connectivity index (χ4n) is 1.88. The molecule has 0 aromatic carbocycles. The van der Waals surface area contributed by atoms with Gasteiger partial charge in [-0.15, -0.1) is 0 Å². The molecule has 1 amide bonds. The molecule has 15 heavy (non-hydrogen) atoms. The Morgan fingerprint density at radius 3 is 2.53 bits per heavy atom. The molecule has 0 aliphatic carbocycles. The molecule has 3 nitrogen and oxygen atoms in total. The molecule has 0 aromatic rings. The lowest BCUT2D eigenvalue weighted by Gasteiger charge is -2.28. The van der Waals surface area contributed by atoms with Gasteiger partial charge in [-0.2, -0.15) is 0 Å². The number of carbonyl (C=O) groups is 1. The standard InChI is InChI=1S/C12H24N2O/c1-3-5-7-11(6-4-2)14-12(15)10-8-13-9-10/h10-11,13H,3-9H2,1-2H3,(H,14,15). The van der Waals surface area contributed by atoms with Gasteiger partial charge in [0.2, 0.25) is 5.91 Å². The molecule has 1 aliphatic heterocycles. The average Bonchev–Trinajstić information content (AvgIpc) is 2.11. The molecule has 2 N–H and O–H groups in total. The number of carbonyl (C=O) groups excluding carboxylic acids is 1. The van der Waals surface area contributed by atoms with Crippen molar-refractivity contribution in [1.82, 2.24) is 10.6 Å². The summed E-state index contributed by atoms with van der Waals surface area (Å²) in [5.41, 5.74) is 0. The van der Waals surface area contributed by atoms with Gasteiger partial charge in [-0.25, -0.2) is 0 Å². The maximum atomic E-state index is 11.7. The highest BCUT2D eigenvalue weighted by Crippen LogP contribution is 2.09. The van der Waals surface area contributed by atoms with E-state index in [0.29, 0.717) is 6.04 Å². The molecule has 0 spiro atoms. The Hall–Kier alpha value is -0.570. The lowest BCUT2D eigenvalue weighted by Crippen LogP contribution is -2.52. The van der Waals surface area contributed by atoms with Crippen LogP contribution in [0.1, 0.15) is 46.0 Å². The van der Waals surface area contributed by atoms with Crippen LogP contribution >= 0.6 is 0 Å². The zero-order valence-electron chi connectivity index (χ0n) is 10.0. The van der Waals surface area contributed by atoms with Crippen molar-refractivity contribution in [2.75, 3.05) is 13.1 Å². The number of hydrogen-bond acceptors (Lipinski definition) is 2. The van der Waals surface area contributed by atoms with Gasteiger partial charge in [-0.05, 0) is 12.8 Å². The van der Waals surface area contributed by atoms with Gasteiger partial charge < -0.3 is 10.6 Å². The highest BCUT2D eigenvalue weighted by Gasteiger charge is 2.26. The van der Waals surface area contributed by atoms with Crippen LogP contribution in [0.2, 0.25) is 0 Å². The van der Waals surface area contributed by atoms with E-state index < -0.39 is 0 Å². The molecule has 1 aliphatic rings. The lowest BCUT2D eigenvalue weighted by molar-refractivity contribution is -0.127. The van der Waals surface area contributed by atoms with Crippen molar-refractivity contribution in [3.8, 4) is 0 Å². The normalized spacial score (nSPS) is 18.3. The molecule has 1 saturated heterocycles. The molecule has 1 rings (SSSR count). The third-order valence-electron chi connectivity index (χ3n) is 3.04. The molecule has 0 saturated carbocycles. The molecule has 3 heteroatoms. The van der Waals surface area contributed by atoms with E-state index in [1.54, 1.807) is 0 Å². The van der Waals surface area contributed by atoms with Gasteiger partial charge in [-0.3, -0.25) is 4.79 Å². The zero-order valence-corrected chi connectivity index (χ0v) is 10.0. The summed E-state index contributed by atoms with van der Waals surface area (Å²) in [5.74, 6) is 0.481. The summed E-state index contributed by atoms with van der Waals surface area (Å²) in [5, 5.41) is 6.31. The maximum Gasteiger partial charge on any atom is 0.225 e. The van der Waals surface area contributed by atoms with E-state index in [0.717, 1.165) is 32.4 Å². The number of rotatable bonds is 7. The minimum Gasteiger partial charge on any atom is -0.353 e. The van der Waals surface area contributed by atoms with Crippen LogP contribution in [0.15, 0.2) is 0 Å². The summed E-state index contributed by atoms with van der Waals surface area (Å²) in [7, 11) is 0. The molecular weight excluding hydrogens is 188 g/mol. The lowest BCUT2D eigenvalue weighted by atomic mass is 10.00. The van der Waals surface area contributed by atoms with E-state index in [4.69, 9.17) is 0 Å². The fourth-order valence-corrected chi connectivity index (χ4v) is 1.88. The number of unbranched alkanes of at least 4 members (excludes halogenated alkanes) is 1. The van der Waals surface area contributed by atoms with Crippen molar-refractivity contribution in [2.45, 2.75) is 52.0 Å². The second-order valence-electron chi connectivity index (χ2n) is 4.49. The molecule has 0 bridgehead atoms. The quantitative estimate of drug-likeness (QED) is 0.674. The third kappa shape index (κ3) is 4.20. The Morgan fingerprint density at radius 1 is 1.33 bits per heavy atom. The highest BCUT2D eigenvalue weighted by atomic mass is 16.2. The van der Waals surface area contributed by atoms with Gasteiger partial charge in [0.05, 0.1) is 5.92 Å². The van der Waals surface area contributed by atoms with E-state index in [-0.39, 0.29) is 11.8 Å². The fraction of sp³-hybridized carbons (Fsp3) is 0.917. The highest BCUT2D eigenvalue weighted by molar-refractivity contribution is 5.80. The van der Waals surface area contributed by atoms with Gasteiger partial charge >= 0.3 is 0 Å². The molecule has 1 unspecified atom stereocenters. The van der Waals surface area contributed by atoms with Crippen molar-refractivity contribution in [2.24, 2.45) is 5.92 Å². The molecule has 1 heterocycles. The summed E-state index contributed by atoms with van der Waals surface area (Å²) in [6.07, 6.45) is 5.83. The molecule has 1 fully saturated rings. The number of nitrogens with one attached hydrogen (secondary N) is 2. The first-order valence-corrected chi connectivity index (χ1v) is 6.29. The van der Waals surface area contributed by atoms with E-state index in [1.807, 2.05) is 0 Å². The molecule has 0 aromatic heterocycles. The Morgan fingerprint density at radius 2 is 2.07 bits per heavy atom. The zero-order chi connectivity index (χ0) is 11.1. The predicted molar refractivity (Wildman–Crippen MR) is 62.7 cm³/mol. The van der Waals surface area contributed by atoms with Crippen LogP contribution in [0.5, 0.6) is 0 Å².